The Balaban J connectivity index is 0.000000423. The molecule has 2 heterocycles. The number of amides is 1. The zero-order valence-corrected chi connectivity index (χ0v) is 18.2. The van der Waals surface area contributed by atoms with E-state index in [1.54, 1.807) is 7.11 Å². The van der Waals surface area contributed by atoms with E-state index in [9.17, 15) is 18.0 Å². The van der Waals surface area contributed by atoms with Gasteiger partial charge in [0, 0.05) is 33.2 Å². The topological polar surface area (TPSA) is 70.1 Å². The predicted octanol–water partition coefficient (Wildman–Crippen LogP) is 3.13. The third-order valence-electron chi connectivity index (χ3n) is 6.19. The number of aryl methyl sites for hydroxylation is 2. The average Bonchev–Trinajstić information content (AvgIpc) is 2.67. The maximum Gasteiger partial charge on any atom is 0.490 e. The van der Waals surface area contributed by atoms with Crippen molar-refractivity contribution in [3.8, 4) is 0 Å². The molecule has 174 valence electrons. The van der Waals surface area contributed by atoms with E-state index in [-0.39, 0.29) is 5.54 Å². The number of rotatable bonds is 5. The number of piperidine rings is 1. The van der Waals surface area contributed by atoms with Crippen LogP contribution >= 0.6 is 0 Å². The number of methoxy groups -OCH3 is 1. The Labute approximate surface area is 181 Å². The molecule has 3 rings (SSSR count). The molecule has 2 aliphatic rings. The fourth-order valence-corrected chi connectivity index (χ4v) is 4.29. The molecule has 31 heavy (non-hydrogen) atoms. The molecule has 0 aliphatic carbocycles. The normalized spacial score (nSPS) is 20.6. The van der Waals surface area contributed by atoms with Crippen molar-refractivity contribution >= 4 is 11.9 Å². The molecule has 1 unspecified atom stereocenters. The molecule has 2 fully saturated rings. The van der Waals surface area contributed by atoms with Crippen molar-refractivity contribution in [3.05, 3.63) is 35.4 Å². The van der Waals surface area contributed by atoms with Crippen molar-refractivity contribution < 1.29 is 32.6 Å². The summed E-state index contributed by atoms with van der Waals surface area (Å²) < 4.78 is 37.1. The van der Waals surface area contributed by atoms with Gasteiger partial charge >= 0.3 is 12.1 Å². The number of carboxylic acids is 1. The van der Waals surface area contributed by atoms with E-state index in [4.69, 9.17) is 14.6 Å². The van der Waals surface area contributed by atoms with Gasteiger partial charge in [0.1, 0.15) is 0 Å². The zero-order valence-electron chi connectivity index (χ0n) is 18.2. The second-order valence-electron chi connectivity index (χ2n) is 8.44. The minimum Gasteiger partial charge on any atom is -0.475 e. The van der Waals surface area contributed by atoms with E-state index in [1.165, 1.54) is 17.5 Å². The summed E-state index contributed by atoms with van der Waals surface area (Å²) in [6.07, 6.45) is -1.27. The number of nitrogens with zero attached hydrogens (tertiary/aromatic N) is 2. The third kappa shape index (κ3) is 6.67. The second-order valence-corrected chi connectivity index (χ2v) is 8.44. The van der Waals surface area contributed by atoms with Crippen molar-refractivity contribution in [2.45, 2.75) is 44.3 Å². The van der Waals surface area contributed by atoms with Crippen LogP contribution in [0.15, 0.2) is 24.3 Å². The SMILES string of the molecule is COCC1CCN(C)C2(C1)CN(C(=O)CCc1ccccc1C)C2.O=C(O)C(F)(F)F. The van der Waals surface area contributed by atoms with Crippen molar-refractivity contribution in [2.75, 3.05) is 40.4 Å². The lowest BCUT2D eigenvalue weighted by Crippen LogP contribution is -2.72. The van der Waals surface area contributed by atoms with Crippen LogP contribution in [0, 0.1) is 12.8 Å². The number of likely N-dealkylation sites (tertiary alicyclic amines) is 2. The van der Waals surface area contributed by atoms with Crippen molar-refractivity contribution in [1.82, 2.24) is 9.80 Å². The number of halogens is 3. The Morgan fingerprint density at radius 3 is 2.42 bits per heavy atom. The summed E-state index contributed by atoms with van der Waals surface area (Å²) in [6.45, 7) is 5.84. The van der Waals surface area contributed by atoms with Crippen LogP contribution in [0.1, 0.15) is 30.4 Å². The smallest absolute Gasteiger partial charge is 0.475 e. The van der Waals surface area contributed by atoms with E-state index in [0.29, 0.717) is 18.2 Å². The molecule has 2 aliphatic heterocycles. The van der Waals surface area contributed by atoms with Gasteiger partial charge in [-0.15, -0.1) is 0 Å². The summed E-state index contributed by atoms with van der Waals surface area (Å²) in [7, 11) is 3.99. The van der Waals surface area contributed by atoms with Gasteiger partial charge in [-0.3, -0.25) is 9.69 Å². The molecule has 1 N–H and O–H groups in total. The predicted molar refractivity (Wildman–Crippen MR) is 110 cm³/mol. The highest BCUT2D eigenvalue weighted by Gasteiger charge is 2.50. The number of hydrogen-bond donors (Lipinski definition) is 1. The van der Waals surface area contributed by atoms with Crippen LogP contribution in [0.25, 0.3) is 0 Å². The standard InChI is InChI=1S/C20H30N2O2.C2HF3O2/c1-16-6-4-5-7-18(16)8-9-19(23)22-14-20(15-22)12-17(13-24-3)10-11-21(20)2;3-2(4,5)1(6)7/h4-7,17H,8-15H2,1-3H3;(H,6,7). The average molecular weight is 444 g/mol. The largest absolute Gasteiger partial charge is 0.490 e. The molecular formula is C22H31F3N2O4. The summed E-state index contributed by atoms with van der Waals surface area (Å²) in [5.74, 6) is -1.82. The molecule has 0 aromatic heterocycles. The Morgan fingerprint density at radius 2 is 1.87 bits per heavy atom. The quantitative estimate of drug-likeness (QED) is 0.756. The fourth-order valence-electron chi connectivity index (χ4n) is 4.29. The Morgan fingerprint density at radius 1 is 1.26 bits per heavy atom. The molecule has 2 saturated heterocycles. The van der Waals surface area contributed by atoms with Gasteiger partial charge in [0.25, 0.3) is 0 Å². The minimum absolute atomic E-state index is 0.194. The molecular weight excluding hydrogens is 413 g/mol. The van der Waals surface area contributed by atoms with Crippen LogP contribution in [-0.4, -0.2) is 78.9 Å². The number of benzene rings is 1. The van der Waals surface area contributed by atoms with Crippen LogP contribution in [0.2, 0.25) is 0 Å². The minimum atomic E-state index is -5.08. The highest BCUT2D eigenvalue weighted by Crippen LogP contribution is 2.38. The van der Waals surface area contributed by atoms with Crippen LogP contribution in [0.3, 0.4) is 0 Å². The summed E-state index contributed by atoms with van der Waals surface area (Å²) in [5, 5.41) is 7.12. The number of carbonyl (C=O) groups is 2. The zero-order chi connectivity index (χ0) is 23.2. The van der Waals surface area contributed by atoms with E-state index in [0.717, 1.165) is 39.1 Å². The molecule has 1 aromatic carbocycles. The van der Waals surface area contributed by atoms with Crippen molar-refractivity contribution in [1.29, 1.82) is 0 Å². The number of alkyl halides is 3. The van der Waals surface area contributed by atoms with E-state index in [1.807, 2.05) is 4.90 Å². The second kappa shape index (κ2) is 10.5. The summed E-state index contributed by atoms with van der Waals surface area (Å²) >= 11 is 0. The molecule has 0 bridgehead atoms. The number of ether oxygens (including phenoxy) is 1. The first-order valence-corrected chi connectivity index (χ1v) is 10.3. The van der Waals surface area contributed by atoms with Gasteiger partial charge in [-0.05, 0) is 56.8 Å². The first kappa shape index (κ1) is 25.1. The Kier molecular flexibility index (Phi) is 8.48. The first-order chi connectivity index (χ1) is 14.5. The number of likely N-dealkylation sites (N-methyl/N-ethyl adjacent to an activating group) is 1. The van der Waals surface area contributed by atoms with Gasteiger partial charge in [-0.1, -0.05) is 24.3 Å². The summed E-state index contributed by atoms with van der Waals surface area (Å²) in [6, 6.07) is 8.35. The molecule has 1 aromatic rings. The van der Waals surface area contributed by atoms with E-state index >= 15 is 0 Å². The first-order valence-electron chi connectivity index (χ1n) is 10.3. The maximum absolute atomic E-state index is 12.5. The molecule has 0 saturated carbocycles. The Hall–Kier alpha value is -2.13. The molecule has 0 radical (unpaired) electrons. The van der Waals surface area contributed by atoms with Gasteiger partial charge in [0.2, 0.25) is 5.91 Å². The van der Waals surface area contributed by atoms with E-state index < -0.39 is 12.1 Å². The van der Waals surface area contributed by atoms with Crippen LogP contribution in [-0.2, 0) is 20.7 Å². The van der Waals surface area contributed by atoms with Crippen molar-refractivity contribution in [2.24, 2.45) is 5.92 Å². The lowest BCUT2D eigenvalue weighted by Gasteiger charge is -2.58. The highest BCUT2D eigenvalue weighted by atomic mass is 19.4. The molecule has 1 amide bonds. The number of carbonyl (C=O) groups excluding carboxylic acids is 1. The van der Waals surface area contributed by atoms with Crippen molar-refractivity contribution in [3.63, 3.8) is 0 Å². The van der Waals surface area contributed by atoms with Gasteiger partial charge in [0.15, 0.2) is 0 Å². The molecule has 1 spiro atoms. The highest BCUT2D eigenvalue weighted by molar-refractivity contribution is 5.78. The summed E-state index contributed by atoms with van der Waals surface area (Å²) in [4.78, 5) is 25.9. The molecule has 6 nitrogen and oxygen atoms in total. The lowest BCUT2D eigenvalue weighted by molar-refractivity contribution is -0.192. The Bertz CT molecular complexity index is 763. The van der Waals surface area contributed by atoms with Crippen LogP contribution in [0.4, 0.5) is 13.2 Å². The van der Waals surface area contributed by atoms with Gasteiger partial charge < -0.3 is 14.7 Å². The number of hydrogen-bond acceptors (Lipinski definition) is 4. The summed E-state index contributed by atoms with van der Waals surface area (Å²) in [5.41, 5.74) is 2.76. The molecule has 1 atom stereocenters. The third-order valence-corrected chi connectivity index (χ3v) is 6.19. The van der Waals surface area contributed by atoms with E-state index in [2.05, 4.69) is 43.1 Å². The van der Waals surface area contributed by atoms with Crippen LogP contribution < -0.4 is 0 Å². The van der Waals surface area contributed by atoms with Gasteiger partial charge in [0.05, 0.1) is 5.54 Å². The maximum atomic E-state index is 12.5. The number of aliphatic carboxylic acids is 1. The molecule has 9 heteroatoms. The fraction of sp³-hybridized carbons (Fsp3) is 0.636. The lowest BCUT2D eigenvalue weighted by atomic mass is 9.75. The van der Waals surface area contributed by atoms with Gasteiger partial charge in [-0.2, -0.15) is 13.2 Å². The monoisotopic (exact) mass is 444 g/mol. The van der Waals surface area contributed by atoms with Gasteiger partial charge in [-0.25, -0.2) is 4.79 Å². The number of carboxylic acid groups (broad SMARTS) is 1. The van der Waals surface area contributed by atoms with Crippen LogP contribution in [0.5, 0.6) is 0 Å².